The molecule has 0 saturated carbocycles. The molecule has 0 aromatic heterocycles. The molecule has 204 valence electrons. The summed E-state index contributed by atoms with van der Waals surface area (Å²) in [6, 6.07) is 17.2. The number of hydrogen-bond acceptors (Lipinski definition) is 7. The first-order valence-corrected chi connectivity index (χ1v) is 14.2. The lowest BCUT2D eigenvalue weighted by molar-refractivity contribution is -0.106. The van der Waals surface area contributed by atoms with Gasteiger partial charge in [-0.3, -0.25) is 9.59 Å². The molecule has 0 unspecified atom stereocenters. The van der Waals surface area contributed by atoms with Crippen LogP contribution in [0.4, 0.5) is 17.1 Å². The van der Waals surface area contributed by atoms with E-state index in [-0.39, 0.29) is 17.2 Å². The molecule has 5 N–H and O–H groups in total. The molecule has 3 aromatic rings. The van der Waals surface area contributed by atoms with Gasteiger partial charge in [-0.2, -0.15) is 5.10 Å². The highest BCUT2D eigenvalue weighted by molar-refractivity contribution is 7.90. The van der Waals surface area contributed by atoms with Crippen LogP contribution in [-0.4, -0.2) is 33.2 Å². The maximum absolute atomic E-state index is 12.9. The number of fused-ring (bicyclic) bond motifs is 1. The first-order chi connectivity index (χ1) is 18.5. The zero-order chi connectivity index (χ0) is 28.7. The Bertz CT molecular complexity index is 1550. The lowest BCUT2D eigenvalue weighted by Gasteiger charge is -2.30. The molecule has 0 atom stereocenters. The van der Waals surface area contributed by atoms with E-state index in [0.29, 0.717) is 22.0 Å². The Hall–Kier alpha value is -4.15. The third-order valence-electron chi connectivity index (χ3n) is 6.01. The number of carbonyl (C=O) groups is 2. The smallest absolute Gasteiger partial charge is 0.257 e. The molecule has 2 amide bonds. The number of anilines is 3. The van der Waals surface area contributed by atoms with Gasteiger partial charge in [-0.05, 0) is 92.4 Å². The number of nitrogens with zero attached hydrogens (tertiary/aromatic N) is 2. The second kappa shape index (κ2) is 12.6. The number of allylic oxidation sites excluding steroid dienone is 1. The van der Waals surface area contributed by atoms with Gasteiger partial charge < -0.3 is 16.8 Å². The lowest BCUT2D eigenvalue weighted by atomic mass is 9.89. The van der Waals surface area contributed by atoms with Crippen molar-refractivity contribution in [2.75, 3.05) is 22.3 Å². The van der Waals surface area contributed by atoms with Gasteiger partial charge >= 0.3 is 0 Å². The largest absolute Gasteiger partial charge is 0.398 e. The van der Waals surface area contributed by atoms with Crippen LogP contribution in [-0.2, 0) is 21.1 Å². The molecule has 0 saturated heterocycles. The molecule has 0 fully saturated rings. The van der Waals surface area contributed by atoms with Crippen LogP contribution >= 0.6 is 11.6 Å². The minimum atomic E-state index is -3.31. The molecule has 1 aliphatic rings. The summed E-state index contributed by atoms with van der Waals surface area (Å²) in [6.45, 7) is 3.88. The van der Waals surface area contributed by atoms with Crippen LogP contribution in [0, 0.1) is 0 Å². The summed E-state index contributed by atoms with van der Waals surface area (Å²) in [4.78, 5) is 21.7. The Morgan fingerprint density at radius 3 is 2.33 bits per heavy atom. The number of nitrogens with one attached hydrogen (secondary N) is 1. The van der Waals surface area contributed by atoms with Crippen LogP contribution in [0.5, 0.6) is 0 Å². The predicted molar refractivity (Wildman–Crippen MR) is 158 cm³/mol. The van der Waals surface area contributed by atoms with Crippen molar-refractivity contribution >= 4 is 62.7 Å². The molecule has 39 heavy (non-hydrogen) atoms. The van der Waals surface area contributed by atoms with Crippen molar-refractivity contribution in [3.63, 3.8) is 0 Å². The van der Waals surface area contributed by atoms with E-state index < -0.39 is 9.84 Å². The van der Waals surface area contributed by atoms with Gasteiger partial charge in [-0.1, -0.05) is 17.7 Å². The summed E-state index contributed by atoms with van der Waals surface area (Å²) >= 11 is 5.96. The van der Waals surface area contributed by atoms with Crippen LogP contribution in [0.3, 0.4) is 0 Å². The molecule has 11 heteroatoms. The van der Waals surface area contributed by atoms with Crippen LogP contribution in [0.15, 0.2) is 76.2 Å². The topological polar surface area (TPSA) is 148 Å². The van der Waals surface area contributed by atoms with Gasteiger partial charge in [0, 0.05) is 34.4 Å². The maximum Gasteiger partial charge on any atom is 0.257 e. The number of nitrogens with two attached hydrogens (primary N) is 2. The number of primary amides is 1. The van der Waals surface area contributed by atoms with Gasteiger partial charge in [-0.25, -0.2) is 13.4 Å². The van der Waals surface area contributed by atoms with E-state index in [0.717, 1.165) is 40.9 Å². The van der Waals surface area contributed by atoms with Crippen LogP contribution < -0.4 is 21.8 Å². The molecular weight excluding hydrogens is 538 g/mol. The summed E-state index contributed by atoms with van der Waals surface area (Å²) < 4.78 is 23.8. The van der Waals surface area contributed by atoms with Crippen molar-refractivity contribution in [1.82, 2.24) is 0 Å². The second-order valence-electron chi connectivity index (χ2n) is 8.77. The van der Waals surface area contributed by atoms with Crippen LogP contribution in [0.1, 0.15) is 41.8 Å². The number of nitrogen functional groups attached to an aromatic ring is 1. The van der Waals surface area contributed by atoms with E-state index in [1.807, 2.05) is 30.1 Å². The van der Waals surface area contributed by atoms with Crippen molar-refractivity contribution < 1.29 is 18.0 Å². The van der Waals surface area contributed by atoms with E-state index in [1.165, 1.54) is 6.26 Å². The first-order valence-electron chi connectivity index (χ1n) is 11.9. The number of halogens is 1. The molecule has 9 nitrogen and oxygen atoms in total. The third kappa shape index (κ3) is 7.04. The summed E-state index contributed by atoms with van der Waals surface area (Å²) in [6.07, 6.45) is 4.84. The molecule has 0 bridgehead atoms. The van der Waals surface area contributed by atoms with E-state index in [1.54, 1.807) is 48.7 Å². The quantitative estimate of drug-likeness (QED) is 0.167. The van der Waals surface area contributed by atoms with Gasteiger partial charge in [0.2, 0.25) is 6.41 Å². The zero-order valence-corrected chi connectivity index (χ0v) is 23.4. The number of benzene rings is 3. The molecule has 1 aliphatic carbocycles. The Morgan fingerprint density at radius 1 is 1.08 bits per heavy atom. The molecule has 4 rings (SSSR count). The van der Waals surface area contributed by atoms with Crippen molar-refractivity contribution in [3.05, 3.63) is 87.9 Å². The minimum Gasteiger partial charge on any atom is -0.398 e. The van der Waals surface area contributed by atoms with Gasteiger partial charge in [0.25, 0.3) is 5.91 Å². The number of sulfone groups is 1. The number of amides is 2. The SMILES string of the molecule is C/C=N/N(C1=C(C)CCc2ccc(NC(=O)c3ccc(Cl)cc3N)cc21)c1ccc(S(C)(=O)=O)cc1.NC=O. The standard InChI is InChI=1S/C27H27ClN4O3S.CH3NO/c1-4-30-32(21-10-12-22(13-11-21)36(3,34)35)26-17(2)5-6-18-7-9-20(16-24(18)26)31-27(33)23-14-8-19(28)15-25(23)29;2-1-3/h4,7-16H,5-6,29H2,1-3H3,(H,31,33);1H,(H2,2,3)/b30-4+;. The van der Waals surface area contributed by atoms with Crippen molar-refractivity contribution in [2.24, 2.45) is 10.8 Å². The molecule has 3 aromatic carbocycles. The highest BCUT2D eigenvalue weighted by Gasteiger charge is 2.24. The predicted octanol–water partition coefficient (Wildman–Crippen LogP) is 4.87. The van der Waals surface area contributed by atoms with Gasteiger partial charge in [-0.15, -0.1) is 0 Å². The Labute approximate surface area is 233 Å². The zero-order valence-electron chi connectivity index (χ0n) is 21.8. The molecular formula is C28H30ClN5O4S. The van der Waals surface area contributed by atoms with E-state index in [9.17, 15) is 13.2 Å². The summed E-state index contributed by atoms with van der Waals surface area (Å²) in [5, 5.41) is 9.80. The van der Waals surface area contributed by atoms with E-state index in [2.05, 4.69) is 23.1 Å². The number of carbonyl (C=O) groups excluding carboxylic acids is 2. The average molecular weight is 568 g/mol. The highest BCUT2D eigenvalue weighted by atomic mass is 35.5. The average Bonchev–Trinajstić information content (AvgIpc) is 2.87. The fourth-order valence-electron chi connectivity index (χ4n) is 4.20. The molecule has 0 heterocycles. The van der Waals surface area contributed by atoms with Crippen molar-refractivity contribution in [3.8, 4) is 0 Å². The number of hydrazone groups is 1. The number of rotatable bonds is 6. The van der Waals surface area contributed by atoms with Crippen molar-refractivity contribution in [2.45, 2.75) is 31.6 Å². The maximum atomic E-state index is 12.9. The first kappa shape index (κ1) is 29.4. The fourth-order valence-corrected chi connectivity index (χ4v) is 5.01. The van der Waals surface area contributed by atoms with Crippen LogP contribution in [0.25, 0.3) is 5.70 Å². The van der Waals surface area contributed by atoms with Gasteiger partial charge in [0.15, 0.2) is 9.84 Å². The summed E-state index contributed by atoms with van der Waals surface area (Å²) in [5.41, 5.74) is 16.2. The van der Waals surface area contributed by atoms with Gasteiger partial charge in [0.05, 0.1) is 21.8 Å². The Kier molecular flexibility index (Phi) is 9.50. The van der Waals surface area contributed by atoms with E-state index >= 15 is 0 Å². The second-order valence-corrected chi connectivity index (χ2v) is 11.2. The van der Waals surface area contributed by atoms with Gasteiger partial charge in [0.1, 0.15) is 0 Å². The Balaban J connectivity index is 0.00000134. The number of hydrogen-bond donors (Lipinski definition) is 3. The monoisotopic (exact) mass is 567 g/mol. The third-order valence-corrected chi connectivity index (χ3v) is 7.37. The number of aryl methyl sites for hydroxylation is 1. The fraction of sp³-hybridized carbons (Fsp3) is 0.179. The van der Waals surface area contributed by atoms with Crippen molar-refractivity contribution in [1.29, 1.82) is 0 Å². The minimum absolute atomic E-state index is 0.243. The van der Waals surface area contributed by atoms with Crippen LogP contribution in [0.2, 0.25) is 5.02 Å². The summed E-state index contributed by atoms with van der Waals surface area (Å²) in [7, 11) is -3.31. The normalized spacial score (nSPS) is 12.8. The highest BCUT2D eigenvalue weighted by Crippen LogP contribution is 2.38. The molecule has 0 radical (unpaired) electrons. The Morgan fingerprint density at radius 2 is 1.74 bits per heavy atom. The summed E-state index contributed by atoms with van der Waals surface area (Å²) in [5.74, 6) is -0.332. The molecule has 0 aliphatic heterocycles. The molecule has 0 spiro atoms. The van der Waals surface area contributed by atoms with E-state index in [4.69, 9.17) is 22.1 Å². The lowest BCUT2D eigenvalue weighted by Crippen LogP contribution is -2.21.